The Kier molecular flexibility index (Phi) is 6.47. The fourth-order valence-corrected chi connectivity index (χ4v) is 3.41. The molecule has 0 atom stereocenters. The van der Waals surface area contributed by atoms with Crippen LogP contribution in [-0.2, 0) is 11.3 Å². The fraction of sp³-hybridized carbons (Fsp3) is 0.217. The Morgan fingerprint density at radius 3 is 2.48 bits per heavy atom. The number of anilines is 1. The van der Waals surface area contributed by atoms with Gasteiger partial charge >= 0.3 is 0 Å². The maximum absolute atomic E-state index is 13.9. The van der Waals surface area contributed by atoms with E-state index in [0.717, 1.165) is 12.1 Å². The van der Waals surface area contributed by atoms with Gasteiger partial charge in [0.2, 0.25) is 5.91 Å². The molecule has 0 bridgehead atoms. The first kappa shape index (κ1) is 22.1. The Morgan fingerprint density at radius 2 is 1.84 bits per heavy atom. The van der Waals surface area contributed by atoms with E-state index in [-0.39, 0.29) is 30.0 Å². The average molecular weight is 426 g/mol. The highest BCUT2D eigenvalue weighted by atomic mass is 19.1. The fourth-order valence-electron chi connectivity index (χ4n) is 3.41. The molecule has 0 fully saturated rings. The van der Waals surface area contributed by atoms with Crippen LogP contribution in [0.3, 0.4) is 0 Å². The summed E-state index contributed by atoms with van der Waals surface area (Å²) >= 11 is 0. The highest BCUT2D eigenvalue weighted by Gasteiger charge is 2.21. The van der Waals surface area contributed by atoms with Crippen LogP contribution in [0, 0.1) is 42.6 Å². The number of nitrogens with one attached hydrogen (secondary N) is 1. The lowest BCUT2D eigenvalue weighted by molar-refractivity contribution is -0.117. The molecule has 0 aliphatic carbocycles. The zero-order valence-electron chi connectivity index (χ0n) is 17.3. The first-order valence-electron chi connectivity index (χ1n) is 9.51. The van der Waals surface area contributed by atoms with Crippen LogP contribution in [0.2, 0.25) is 0 Å². The molecule has 0 saturated heterocycles. The van der Waals surface area contributed by atoms with Crippen LogP contribution >= 0.6 is 0 Å². The number of carbonyl (C=O) groups excluding carboxylic acids is 1. The maximum atomic E-state index is 13.9. The van der Waals surface area contributed by atoms with Gasteiger partial charge < -0.3 is 5.32 Å². The van der Waals surface area contributed by atoms with Gasteiger partial charge in [-0.3, -0.25) is 14.3 Å². The summed E-state index contributed by atoms with van der Waals surface area (Å²) in [5.74, 6) is -1.99. The van der Waals surface area contributed by atoms with Crippen molar-refractivity contribution >= 4 is 11.7 Å². The molecule has 8 heteroatoms. The molecule has 2 aromatic carbocycles. The normalized spacial score (nSPS) is 10.9. The van der Waals surface area contributed by atoms with Gasteiger partial charge in [-0.15, -0.1) is 0 Å². The minimum Gasteiger partial charge on any atom is -0.310 e. The topological polar surface area (TPSA) is 61.1 Å². The van der Waals surface area contributed by atoms with Gasteiger partial charge in [-0.1, -0.05) is 12.1 Å². The summed E-state index contributed by atoms with van der Waals surface area (Å²) in [6, 6.07) is 11.2. The van der Waals surface area contributed by atoms with E-state index in [4.69, 9.17) is 0 Å². The molecule has 3 aromatic rings. The van der Waals surface area contributed by atoms with Gasteiger partial charge in [0.15, 0.2) is 0 Å². The van der Waals surface area contributed by atoms with Crippen molar-refractivity contribution in [2.45, 2.75) is 20.4 Å². The number of hydrogen-bond acceptors (Lipinski definition) is 3. The minimum atomic E-state index is -0.690. The van der Waals surface area contributed by atoms with Crippen LogP contribution < -0.4 is 5.32 Å². The van der Waals surface area contributed by atoms with E-state index >= 15 is 0 Å². The Hall–Kier alpha value is -3.57. The Morgan fingerprint density at radius 1 is 1.13 bits per heavy atom. The van der Waals surface area contributed by atoms with Crippen LogP contribution in [0.5, 0.6) is 0 Å². The van der Waals surface area contributed by atoms with Crippen LogP contribution in [-0.4, -0.2) is 29.0 Å². The van der Waals surface area contributed by atoms with E-state index in [1.807, 2.05) is 0 Å². The van der Waals surface area contributed by atoms with Gasteiger partial charge in [0.25, 0.3) is 0 Å². The standard InChI is InChI=1S/C23H21F3N4O/c1-14-15(2)30(19-6-4-5-17(24)9-19)23(20(14)11-27)28-22(31)13-29(3)12-16-7-8-18(25)10-21(16)26/h4-10H,12-13H2,1-3H3,(H,28,31). The Balaban J connectivity index is 1.84. The van der Waals surface area contributed by atoms with Crippen LogP contribution in [0.15, 0.2) is 42.5 Å². The minimum absolute atomic E-state index is 0.0909. The molecule has 0 aliphatic heterocycles. The molecule has 160 valence electrons. The Labute approximate surface area is 178 Å². The smallest absolute Gasteiger partial charge is 0.239 e. The number of amides is 1. The second-order valence-corrected chi connectivity index (χ2v) is 7.32. The highest BCUT2D eigenvalue weighted by molar-refractivity contribution is 5.93. The third-order valence-corrected chi connectivity index (χ3v) is 5.02. The van der Waals surface area contributed by atoms with E-state index < -0.39 is 23.4 Å². The molecule has 0 unspecified atom stereocenters. The van der Waals surface area contributed by atoms with E-state index in [1.165, 1.54) is 18.2 Å². The van der Waals surface area contributed by atoms with Crippen molar-refractivity contribution in [3.05, 3.63) is 82.3 Å². The molecule has 1 N–H and O–H groups in total. The maximum Gasteiger partial charge on any atom is 0.239 e. The highest BCUT2D eigenvalue weighted by Crippen LogP contribution is 2.30. The number of nitrogens with zero attached hydrogens (tertiary/aromatic N) is 3. The lowest BCUT2D eigenvalue weighted by atomic mass is 10.2. The van der Waals surface area contributed by atoms with Gasteiger partial charge in [0.05, 0.1) is 17.8 Å². The van der Waals surface area contributed by atoms with E-state index in [9.17, 15) is 23.2 Å². The third-order valence-electron chi connectivity index (χ3n) is 5.02. The summed E-state index contributed by atoms with van der Waals surface area (Å²) in [6.07, 6.45) is 0. The number of aromatic nitrogens is 1. The monoisotopic (exact) mass is 426 g/mol. The van der Waals surface area contributed by atoms with Crippen molar-refractivity contribution in [2.75, 3.05) is 18.9 Å². The predicted molar refractivity (Wildman–Crippen MR) is 111 cm³/mol. The molecule has 1 heterocycles. The molecule has 1 amide bonds. The zero-order chi connectivity index (χ0) is 22.7. The summed E-state index contributed by atoms with van der Waals surface area (Å²) in [5.41, 5.74) is 2.37. The first-order valence-corrected chi connectivity index (χ1v) is 9.51. The zero-order valence-corrected chi connectivity index (χ0v) is 17.3. The number of halogens is 3. The summed E-state index contributed by atoms with van der Waals surface area (Å²) in [7, 11) is 1.62. The van der Waals surface area contributed by atoms with E-state index in [0.29, 0.717) is 16.9 Å². The SMILES string of the molecule is Cc1c(C#N)c(NC(=O)CN(C)Cc2ccc(F)cc2F)n(-c2cccc(F)c2)c1C. The number of rotatable bonds is 6. The van der Waals surface area contributed by atoms with Crippen LogP contribution in [0.4, 0.5) is 19.0 Å². The number of carbonyl (C=O) groups is 1. The van der Waals surface area contributed by atoms with Crippen molar-refractivity contribution < 1.29 is 18.0 Å². The number of hydrogen-bond donors (Lipinski definition) is 1. The van der Waals surface area contributed by atoms with Gasteiger partial charge in [0, 0.05) is 23.9 Å². The molecule has 0 radical (unpaired) electrons. The second-order valence-electron chi connectivity index (χ2n) is 7.32. The van der Waals surface area contributed by atoms with Crippen molar-refractivity contribution in [1.29, 1.82) is 5.26 Å². The lowest BCUT2D eigenvalue weighted by Gasteiger charge is -2.18. The summed E-state index contributed by atoms with van der Waals surface area (Å²) < 4.78 is 42.4. The summed E-state index contributed by atoms with van der Waals surface area (Å²) in [5, 5.41) is 12.3. The number of likely N-dealkylation sites (N-methyl/N-ethyl adjacent to an activating group) is 1. The molecule has 1 aromatic heterocycles. The molecule has 0 spiro atoms. The van der Waals surface area contributed by atoms with Gasteiger partial charge in [-0.05, 0) is 50.7 Å². The molecule has 5 nitrogen and oxygen atoms in total. The molecular weight excluding hydrogens is 405 g/mol. The van der Waals surface area contributed by atoms with Crippen molar-refractivity contribution in [3.8, 4) is 11.8 Å². The molecular formula is C23H21F3N4O. The van der Waals surface area contributed by atoms with Gasteiger partial charge in [-0.2, -0.15) is 5.26 Å². The second kappa shape index (κ2) is 9.06. The van der Waals surface area contributed by atoms with Crippen molar-refractivity contribution in [3.63, 3.8) is 0 Å². The van der Waals surface area contributed by atoms with E-state index in [1.54, 1.807) is 42.5 Å². The quantitative estimate of drug-likeness (QED) is 0.633. The van der Waals surface area contributed by atoms with Gasteiger partial charge in [-0.25, -0.2) is 13.2 Å². The molecule has 0 saturated carbocycles. The van der Waals surface area contributed by atoms with Crippen molar-refractivity contribution in [1.82, 2.24) is 9.47 Å². The summed E-state index contributed by atoms with van der Waals surface area (Å²) in [6.45, 7) is 3.52. The van der Waals surface area contributed by atoms with Crippen LogP contribution in [0.1, 0.15) is 22.4 Å². The third kappa shape index (κ3) is 4.78. The predicted octanol–water partition coefficient (Wildman–Crippen LogP) is 4.45. The summed E-state index contributed by atoms with van der Waals surface area (Å²) in [4.78, 5) is 14.3. The lowest BCUT2D eigenvalue weighted by Crippen LogP contribution is -2.31. The number of nitriles is 1. The first-order chi connectivity index (χ1) is 14.7. The number of benzene rings is 2. The van der Waals surface area contributed by atoms with Gasteiger partial charge in [0.1, 0.15) is 29.3 Å². The molecule has 31 heavy (non-hydrogen) atoms. The largest absolute Gasteiger partial charge is 0.310 e. The average Bonchev–Trinajstić information content (AvgIpc) is 2.93. The molecule has 3 rings (SSSR count). The van der Waals surface area contributed by atoms with Crippen LogP contribution in [0.25, 0.3) is 5.69 Å². The van der Waals surface area contributed by atoms with Crippen molar-refractivity contribution in [2.24, 2.45) is 0 Å². The van der Waals surface area contributed by atoms with E-state index in [2.05, 4.69) is 11.4 Å². The Bertz CT molecular complexity index is 1180. The molecule has 0 aliphatic rings.